The van der Waals surface area contributed by atoms with Gasteiger partial charge >= 0.3 is 6.03 Å². The minimum atomic E-state index is -0.348. The molecule has 0 radical (unpaired) electrons. The standard InChI is InChI=1S/C21H22FN3O2/c22-18-6-7-19-17(12-18)13-25(21(27)23-19)14-20(26)24-10-8-16(9-11-24)15-4-2-1-3-5-15/h1-7,12,16H,8-11,13-14H2,(H,23,27). The van der Waals surface area contributed by atoms with Crippen molar-refractivity contribution in [2.75, 3.05) is 25.0 Å². The second-order valence-corrected chi connectivity index (χ2v) is 7.15. The molecule has 0 saturated carbocycles. The van der Waals surface area contributed by atoms with Gasteiger partial charge in [0.15, 0.2) is 0 Å². The molecule has 1 N–H and O–H groups in total. The molecule has 4 rings (SSSR count). The molecule has 27 heavy (non-hydrogen) atoms. The predicted octanol–water partition coefficient (Wildman–Crippen LogP) is 3.58. The van der Waals surface area contributed by atoms with Gasteiger partial charge < -0.3 is 15.1 Å². The summed E-state index contributed by atoms with van der Waals surface area (Å²) in [6.07, 6.45) is 1.85. The van der Waals surface area contributed by atoms with Crippen LogP contribution in [0.3, 0.4) is 0 Å². The van der Waals surface area contributed by atoms with Gasteiger partial charge in [-0.1, -0.05) is 30.3 Å². The van der Waals surface area contributed by atoms with Crippen molar-refractivity contribution in [3.63, 3.8) is 0 Å². The van der Waals surface area contributed by atoms with Gasteiger partial charge in [0.05, 0.1) is 6.54 Å². The van der Waals surface area contributed by atoms with Crippen LogP contribution in [0.5, 0.6) is 0 Å². The molecular formula is C21H22FN3O2. The molecule has 0 spiro atoms. The number of anilines is 1. The molecule has 140 valence electrons. The highest BCUT2D eigenvalue weighted by atomic mass is 19.1. The Morgan fingerprint density at radius 1 is 1.11 bits per heavy atom. The predicted molar refractivity (Wildman–Crippen MR) is 101 cm³/mol. The third-order valence-electron chi connectivity index (χ3n) is 5.40. The van der Waals surface area contributed by atoms with Gasteiger partial charge in [0.2, 0.25) is 5.91 Å². The van der Waals surface area contributed by atoms with Gasteiger partial charge in [0.1, 0.15) is 12.4 Å². The van der Waals surface area contributed by atoms with E-state index in [-0.39, 0.29) is 30.8 Å². The Morgan fingerprint density at radius 3 is 2.59 bits per heavy atom. The minimum Gasteiger partial charge on any atom is -0.341 e. The van der Waals surface area contributed by atoms with E-state index >= 15 is 0 Å². The highest BCUT2D eigenvalue weighted by Gasteiger charge is 2.29. The fourth-order valence-electron chi connectivity index (χ4n) is 3.87. The average molecular weight is 367 g/mol. The van der Waals surface area contributed by atoms with Crippen molar-refractivity contribution in [3.05, 3.63) is 65.5 Å². The van der Waals surface area contributed by atoms with Gasteiger partial charge in [0.25, 0.3) is 0 Å². The van der Waals surface area contributed by atoms with E-state index in [0.717, 1.165) is 12.8 Å². The lowest BCUT2D eigenvalue weighted by atomic mass is 9.89. The van der Waals surface area contributed by atoms with Crippen molar-refractivity contribution in [2.45, 2.75) is 25.3 Å². The van der Waals surface area contributed by atoms with Gasteiger partial charge in [-0.15, -0.1) is 0 Å². The number of carbonyl (C=O) groups excluding carboxylic acids is 2. The quantitative estimate of drug-likeness (QED) is 0.902. The Labute approximate surface area is 157 Å². The molecule has 0 aromatic heterocycles. The summed E-state index contributed by atoms with van der Waals surface area (Å²) < 4.78 is 13.4. The highest BCUT2D eigenvalue weighted by molar-refractivity contribution is 5.94. The SMILES string of the molecule is O=C(CN1Cc2cc(F)ccc2NC1=O)N1CCC(c2ccccc2)CC1. The molecule has 0 bridgehead atoms. The van der Waals surface area contributed by atoms with Crippen molar-refractivity contribution in [1.29, 1.82) is 0 Å². The lowest BCUT2D eigenvalue weighted by Gasteiger charge is -2.35. The van der Waals surface area contributed by atoms with Gasteiger partial charge in [-0.2, -0.15) is 0 Å². The van der Waals surface area contributed by atoms with Crippen molar-refractivity contribution < 1.29 is 14.0 Å². The van der Waals surface area contributed by atoms with E-state index in [0.29, 0.717) is 30.3 Å². The van der Waals surface area contributed by atoms with Crippen LogP contribution in [0.25, 0.3) is 0 Å². The number of nitrogens with one attached hydrogen (secondary N) is 1. The van der Waals surface area contributed by atoms with Gasteiger partial charge in [0, 0.05) is 18.8 Å². The molecule has 3 amide bonds. The fourth-order valence-corrected chi connectivity index (χ4v) is 3.87. The molecule has 0 aliphatic carbocycles. The summed E-state index contributed by atoms with van der Waals surface area (Å²) in [4.78, 5) is 28.2. The summed E-state index contributed by atoms with van der Waals surface area (Å²) in [6, 6.07) is 14.3. The largest absolute Gasteiger partial charge is 0.341 e. The normalized spacial score (nSPS) is 17.4. The van der Waals surface area contributed by atoms with E-state index in [1.54, 1.807) is 6.07 Å². The van der Waals surface area contributed by atoms with Crippen LogP contribution in [0.15, 0.2) is 48.5 Å². The molecule has 6 heteroatoms. The Hall–Kier alpha value is -2.89. The number of nitrogens with zero attached hydrogens (tertiary/aromatic N) is 2. The van der Waals surface area contributed by atoms with Crippen LogP contribution in [-0.4, -0.2) is 41.4 Å². The first-order valence-electron chi connectivity index (χ1n) is 9.27. The topological polar surface area (TPSA) is 52.7 Å². The summed E-state index contributed by atoms with van der Waals surface area (Å²) in [5.74, 6) is 0.0686. The molecule has 2 heterocycles. The van der Waals surface area contributed by atoms with E-state index in [1.807, 2.05) is 23.1 Å². The monoisotopic (exact) mass is 367 g/mol. The van der Waals surface area contributed by atoms with Crippen molar-refractivity contribution in [1.82, 2.24) is 9.80 Å². The van der Waals surface area contributed by atoms with E-state index in [4.69, 9.17) is 0 Å². The molecule has 2 aromatic rings. The average Bonchev–Trinajstić information content (AvgIpc) is 2.69. The van der Waals surface area contributed by atoms with E-state index in [9.17, 15) is 14.0 Å². The zero-order chi connectivity index (χ0) is 18.8. The zero-order valence-corrected chi connectivity index (χ0v) is 15.0. The van der Waals surface area contributed by atoms with E-state index in [1.165, 1.54) is 22.6 Å². The third-order valence-corrected chi connectivity index (χ3v) is 5.40. The van der Waals surface area contributed by atoms with Crippen molar-refractivity contribution in [3.8, 4) is 0 Å². The molecule has 2 aliphatic rings. The Bertz CT molecular complexity index is 848. The zero-order valence-electron chi connectivity index (χ0n) is 15.0. The Balaban J connectivity index is 1.35. The Morgan fingerprint density at radius 2 is 1.85 bits per heavy atom. The third kappa shape index (κ3) is 3.79. The van der Waals surface area contributed by atoms with Crippen LogP contribution >= 0.6 is 0 Å². The highest BCUT2D eigenvalue weighted by Crippen LogP contribution is 2.28. The molecule has 0 atom stereocenters. The summed E-state index contributed by atoms with van der Waals surface area (Å²) in [5.41, 5.74) is 2.61. The maximum atomic E-state index is 13.4. The summed E-state index contributed by atoms with van der Waals surface area (Å²) in [6.45, 7) is 1.64. The summed E-state index contributed by atoms with van der Waals surface area (Å²) in [7, 11) is 0. The maximum Gasteiger partial charge on any atom is 0.322 e. The van der Waals surface area contributed by atoms with Crippen LogP contribution < -0.4 is 5.32 Å². The number of halogens is 1. The Kier molecular flexibility index (Phi) is 4.79. The first-order chi connectivity index (χ1) is 13.1. The number of hydrogen-bond acceptors (Lipinski definition) is 2. The van der Waals surface area contributed by atoms with Crippen LogP contribution in [-0.2, 0) is 11.3 Å². The number of fused-ring (bicyclic) bond motifs is 1. The lowest BCUT2D eigenvalue weighted by molar-refractivity contribution is -0.132. The first kappa shape index (κ1) is 17.5. The van der Waals surface area contributed by atoms with Gasteiger partial charge in [-0.05, 0) is 48.1 Å². The number of amides is 3. The molecule has 2 aliphatic heterocycles. The summed E-state index contributed by atoms with van der Waals surface area (Å²) >= 11 is 0. The van der Waals surface area contributed by atoms with Crippen LogP contribution in [0.4, 0.5) is 14.9 Å². The second-order valence-electron chi connectivity index (χ2n) is 7.15. The summed E-state index contributed by atoms with van der Waals surface area (Å²) in [5, 5.41) is 2.72. The smallest absolute Gasteiger partial charge is 0.322 e. The molecule has 5 nitrogen and oxygen atoms in total. The first-order valence-corrected chi connectivity index (χ1v) is 9.27. The van der Waals surface area contributed by atoms with Gasteiger partial charge in [-0.25, -0.2) is 9.18 Å². The van der Waals surface area contributed by atoms with Crippen LogP contribution in [0.2, 0.25) is 0 Å². The minimum absolute atomic E-state index is 0.0117. The van der Waals surface area contributed by atoms with E-state index in [2.05, 4.69) is 17.4 Å². The van der Waals surface area contributed by atoms with Crippen molar-refractivity contribution in [2.24, 2.45) is 0 Å². The van der Waals surface area contributed by atoms with Crippen LogP contribution in [0.1, 0.15) is 29.9 Å². The second kappa shape index (κ2) is 7.39. The maximum absolute atomic E-state index is 13.4. The molecule has 2 aromatic carbocycles. The molecular weight excluding hydrogens is 345 g/mol. The molecule has 0 unspecified atom stereocenters. The van der Waals surface area contributed by atoms with Crippen LogP contribution in [0, 0.1) is 5.82 Å². The lowest BCUT2D eigenvalue weighted by Crippen LogP contribution is -2.47. The van der Waals surface area contributed by atoms with Crippen molar-refractivity contribution >= 4 is 17.6 Å². The van der Waals surface area contributed by atoms with Gasteiger partial charge in [-0.3, -0.25) is 4.79 Å². The number of likely N-dealkylation sites (tertiary alicyclic amines) is 1. The number of urea groups is 1. The molecule has 1 fully saturated rings. The number of carbonyl (C=O) groups is 2. The fraction of sp³-hybridized carbons (Fsp3) is 0.333. The van der Waals surface area contributed by atoms with E-state index < -0.39 is 0 Å². The number of rotatable bonds is 3. The molecule has 1 saturated heterocycles. The number of hydrogen-bond donors (Lipinski definition) is 1. The number of piperidine rings is 1. The number of benzene rings is 2.